The SMILES string of the molecule is O=C1Cc2cc(S(=O)(=O)Nc3ccc4c(c3)OCCO4)cc3c2N1CCC3. The number of sulfonamides is 1. The van der Waals surface area contributed by atoms with E-state index in [0.717, 1.165) is 29.7 Å². The first-order chi connectivity index (χ1) is 13.0. The number of nitrogens with zero attached hydrogens (tertiary/aromatic N) is 1. The van der Waals surface area contributed by atoms with Crippen molar-refractivity contribution in [3.8, 4) is 11.5 Å². The summed E-state index contributed by atoms with van der Waals surface area (Å²) < 4.78 is 39.5. The summed E-state index contributed by atoms with van der Waals surface area (Å²) in [5, 5.41) is 0. The molecule has 7 nitrogen and oxygen atoms in total. The number of rotatable bonds is 3. The zero-order valence-electron chi connectivity index (χ0n) is 14.5. The molecule has 8 heteroatoms. The van der Waals surface area contributed by atoms with Gasteiger partial charge in [0.25, 0.3) is 10.0 Å². The van der Waals surface area contributed by atoms with Crippen molar-refractivity contribution in [3.05, 3.63) is 41.5 Å². The fourth-order valence-corrected chi connectivity index (χ4v) is 5.07. The quantitative estimate of drug-likeness (QED) is 0.873. The van der Waals surface area contributed by atoms with Crippen LogP contribution in [0.1, 0.15) is 17.5 Å². The number of carbonyl (C=O) groups excluding carboxylic acids is 1. The standard InChI is InChI=1S/C19H18N2O5S/c22-18-10-13-9-15(8-12-2-1-5-21(18)19(12)13)27(23,24)20-14-3-4-16-17(11-14)26-7-6-25-16/h3-4,8-9,11,20H,1-2,5-7,10H2. The van der Waals surface area contributed by atoms with Crippen LogP contribution in [0, 0.1) is 0 Å². The molecule has 140 valence electrons. The molecule has 0 spiro atoms. The third-order valence-corrected chi connectivity index (χ3v) is 6.45. The fourth-order valence-electron chi connectivity index (χ4n) is 3.92. The third kappa shape index (κ3) is 2.71. The molecule has 3 aliphatic heterocycles. The lowest BCUT2D eigenvalue weighted by molar-refractivity contribution is -0.117. The number of hydrogen-bond acceptors (Lipinski definition) is 5. The molecule has 0 bridgehead atoms. The van der Waals surface area contributed by atoms with E-state index in [9.17, 15) is 13.2 Å². The summed E-state index contributed by atoms with van der Waals surface area (Å²) in [7, 11) is -3.78. The van der Waals surface area contributed by atoms with Crippen molar-refractivity contribution in [2.75, 3.05) is 29.4 Å². The first kappa shape index (κ1) is 16.4. The summed E-state index contributed by atoms with van der Waals surface area (Å²) in [6.45, 7) is 1.62. The highest BCUT2D eigenvalue weighted by molar-refractivity contribution is 7.92. The largest absolute Gasteiger partial charge is 0.486 e. The van der Waals surface area contributed by atoms with Crippen LogP contribution in [0.5, 0.6) is 11.5 Å². The van der Waals surface area contributed by atoms with Crippen LogP contribution in [0.25, 0.3) is 0 Å². The van der Waals surface area contributed by atoms with Gasteiger partial charge in [0.2, 0.25) is 5.91 Å². The Kier molecular flexibility index (Phi) is 3.58. The van der Waals surface area contributed by atoms with E-state index in [0.29, 0.717) is 36.9 Å². The maximum Gasteiger partial charge on any atom is 0.261 e. The summed E-state index contributed by atoms with van der Waals surface area (Å²) >= 11 is 0. The Morgan fingerprint density at radius 3 is 2.63 bits per heavy atom. The topological polar surface area (TPSA) is 84.9 Å². The monoisotopic (exact) mass is 386 g/mol. The van der Waals surface area contributed by atoms with Crippen molar-refractivity contribution >= 4 is 27.3 Å². The average Bonchev–Trinajstić information content (AvgIpc) is 2.99. The highest BCUT2D eigenvalue weighted by Gasteiger charge is 2.33. The van der Waals surface area contributed by atoms with Crippen molar-refractivity contribution in [1.82, 2.24) is 0 Å². The van der Waals surface area contributed by atoms with Crippen LogP contribution in [-0.2, 0) is 27.7 Å². The molecule has 0 aromatic heterocycles. The molecule has 5 rings (SSSR count). The molecule has 0 atom stereocenters. The second-order valence-corrected chi connectivity index (χ2v) is 8.56. The van der Waals surface area contributed by atoms with Gasteiger partial charge in [-0.15, -0.1) is 0 Å². The molecule has 0 saturated heterocycles. The van der Waals surface area contributed by atoms with Gasteiger partial charge >= 0.3 is 0 Å². The second-order valence-electron chi connectivity index (χ2n) is 6.88. The minimum Gasteiger partial charge on any atom is -0.486 e. The van der Waals surface area contributed by atoms with Gasteiger partial charge in [0.05, 0.1) is 22.7 Å². The number of ether oxygens (including phenoxy) is 2. The van der Waals surface area contributed by atoms with E-state index in [4.69, 9.17) is 9.47 Å². The molecule has 0 aliphatic carbocycles. The molecule has 2 aromatic rings. The molecule has 0 saturated carbocycles. The van der Waals surface area contributed by atoms with Gasteiger partial charge in [0.15, 0.2) is 11.5 Å². The number of anilines is 2. The van der Waals surface area contributed by atoms with Crippen LogP contribution in [0.2, 0.25) is 0 Å². The van der Waals surface area contributed by atoms with Crippen molar-refractivity contribution in [1.29, 1.82) is 0 Å². The number of nitrogens with one attached hydrogen (secondary N) is 1. The van der Waals surface area contributed by atoms with E-state index in [1.807, 2.05) is 0 Å². The number of benzene rings is 2. The molecule has 1 amide bonds. The molecule has 2 aromatic carbocycles. The Morgan fingerprint density at radius 2 is 1.78 bits per heavy atom. The lowest BCUT2D eigenvalue weighted by atomic mass is 10.0. The maximum absolute atomic E-state index is 12.9. The van der Waals surface area contributed by atoms with E-state index >= 15 is 0 Å². The van der Waals surface area contributed by atoms with Crippen LogP contribution in [0.3, 0.4) is 0 Å². The van der Waals surface area contributed by atoms with Crippen molar-refractivity contribution in [3.63, 3.8) is 0 Å². The first-order valence-corrected chi connectivity index (χ1v) is 10.4. The third-order valence-electron chi connectivity index (χ3n) is 5.09. The van der Waals surface area contributed by atoms with Crippen molar-refractivity contribution < 1.29 is 22.7 Å². The molecular weight excluding hydrogens is 368 g/mol. The second kappa shape index (κ2) is 5.88. The van der Waals surface area contributed by atoms with Crippen LogP contribution in [0.15, 0.2) is 35.2 Å². The van der Waals surface area contributed by atoms with Gasteiger partial charge in [-0.3, -0.25) is 9.52 Å². The van der Waals surface area contributed by atoms with E-state index in [-0.39, 0.29) is 17.2 Å². The minimum atomic E-state index is -3.78. The van der Waals surface area contributed by atoms with Gasteiger partial charge in [-0.1, -0.05) is 0 Å². The molecule has 1 N–H and O–H groups in total. The van der Waals surface area contributed by atoms with Gasteiger partial charge in [-0.05, 0) is 48.2 Å². The summed E-state index contributed by atoms with van der Waals surface area (Å²) in [6.07, 6.45) is 1.88. The molecule has 27 heavy (non-hydrogen) atoms. The van der Waals surface area contributed by atoms with Gasteiger partial charge < -0.3 is 14.4 Å². The van der Waals surface area contributed by atoms with E-state index < -0.39 is 10.0 Å². The van der Waals surface area contributed by atoms with Gasteiger partial charge in [-0.2, -0.15) is 0 Å². The summed E-state index contributed by atoms with van der Waals surface area (Å²) in [5.41, 5.74) is 3.03. The lowest BCUT2D eigenvalue weighted by Crippen LogP contribution is -2.31. The smallest absolute Gasteiger partial charge is 0.261 e. The highest BCUT2D eigenvalue weighted by Crippen LogP contribution is 2.39. The van der Waals surface area contributed by atoms with E-state index in [1.54, 1.807) is 35.2 Å². The van der Waals surface area contributed by atoms with Crippen LogP contribution >= 0.6 is 0 Å². The Morgan fingerprint density at radius 1 is 1.00 bits per heavy atom. The highest BCUT2D eigenvalue weighted by atomic mass is 32.2. The van der Waals surface area contributed by atoms with Crippen molar-refractivity contribution in [2.24, 2.45) is 0 Å². The molecule has 3 aliphatic rings. The van der Waals surface area contributed by atoms with Crippen LogP contribution in [-0.4, -0.2) is 34.1 Å². The Balaban J connectivity index is 1.49. The number of fused-ring (bicyclic) bond motifs is 1. The van der Waals surface area contributed by atoms with Crippen LogP contribution < -0.4 is 19.1 Å². The predicted molar refractivity (Wildman–Crippen MR) is 99.1 cm³/mol. The number of hydrogen-bond donors (Lipinski definition) is 1. The zero-order chi connectivity index (χ0) is 18.6. The molecule has 3 heterocycles. The fraction of sp³-hybridized carbons (Fsp3) is 0.316. The Hall–Kier alpha value is -2.74. The zero-order valence-corrected chi connectivity index (χ0v) is 15.3. The van der Waals surface area contributed by atoms with Crippen LogP contribution in [0.4, 0.5) is 11.4 Å². The van der Waals surface area contributed by atoms with Gasteiger partial charge in [0.1, 0.15) is 13.2 Å². The average molecular weight is 386 g/mol. The molecule has 0 fully saturated rings. The Labute approximate surface area is 156 Å². The summed E-state index contributed by atoms with van der Waals surface area (Å²) in [4.78, 5) is 14.1. The lowest BCUT2D eigenvalue weighted by Gasteiger charge is -2.26. The predicted octanol–water partition coefficient (Wildman–Crippen LogP) is 2.09. The van der Waals surface area contributed by atoms with E-state index in [2.05, 4.69) is 4.72 Å². The maximum atomic E-state index is 12.9. The van der Waals surface area contributed by atoms with Crippen molar-refractivity contribution in [2.45, 2.75) is 24.2 Å². The number of carbonyl (C=O) groups is 1. The molecular formula is C19H18N2O5S. The van der Waals surface area contributed by atoms with E-state index in [1.165, 1.54) is 0 Å². The number of amides is 1. The molecule has 0 radical (unpaired) electrons. The van der Waals surface area contributed by atoms with Gasteiger partial charge in [0, 0.05) is 12.6 Å². The molecule has 0 unspecified atom stereocenters. The number of aryl methyl sites for hydroxylation is 1. The normalized spacial score (nSPS) is 17.6. The summed E-state index contributed by atoms with van der Waals surface area (Å²) in [5.74, 6) is 1.16. The first-order valence-electron chi connectivity index (χ1n) is 8.90. The van der Waals surface area contributed by atoms with Gasteiger partial charge in [-0.25, -0.2) is 8.42 Å². The summed E-state index contributed by atoms with van der Waals surface area (Å²) in [6, 6.07) is 8.25. The minimum absolute atomic E-state index is 0.0419. The Bertz CT molecular complexity index is 1060.